The number of sulfonamides is 1. The number of amides is 1. The number of nitrogens with one attached hydrogen (secondary N) is 1. The fourth-order valence-corrected chi connectivity index (χ4v) is 6.63. The Morgan fingerprint density at radius 1 is 1.13 bits per heavy atom. The van der Waals surface area contributed by atoms with Crippen molar-refractivity contribution in [1.29, 1.82) is 0 Å². The number of nitrogens with zero attached hydrogens (tertiary/aromatic N) is 1. The van der Waals surface area contributed by atoms with Crippen LogP contribution in [0.1, 0.15) is 49.3 Å². The van der Waals surface area contributed by atoms with E-state index in [-0.39, 0.29) is 29.8 Å². The van der Waals surface area contributed by atoms with Crippen LogP contribution in [0.15, 0.2) is 51.8 Å². The molecule has 0 saturated heterocycles. The van der Waals surface area contributed by atoms with Gasteiger partial charge in [-0.3, -0.25) is 4.79 Å². The number of fused-ring (bicyclic) bond motifs is 1. The lowest BCUT2D eigenvalue weighted by Gasteiger charge is -2.37. The number of rotatable bonds is 5. The van der Waals surface area contributed by atoms with E-state index in [1.54, 1.807) is 0 Å². The van der Waals surface area contributed by atoms with Gasteiger partial charge in [0.15, 0.2) is 0 Å². The molecule has 0 bridgehead atoms. The Morgan fingerprint density at radius 3 is 2.61 bits per heavy atom. The van der Waals surface area contributed by atoms with Gasteiger partial charge in [-0.25, -0.2) is 12.8 Å². The van der Waals surface area contributed by atoms with Crippen LogP contribution in [0.2, 0.25) is 0 Å². The molecule has 31 heavy (non-hydrogen) atoms. The van der Waals surface area contributed by atoms with E-state index in [0.29, 0.717) is 10.9 Å². The number of halogens is 2. The minimum atomic E-state index is -4.09. The van der Waals surface area contributed by atoms with Gasteiger partial charge in [-0.15, -0.1) is 0 Å². The van der Waals surface area contributed by atoms with Crippen LogP contribution in [-0.2, 0) is 21.2 Å². The van der Waals surface area contributed by atoms with Gasteiger partial charge in [-0.1, -0.05) is 59.5 Å². The lowest BCUT2D eigenvalue weighted by Crippen LogP contribution is -2.46. The molecule has 1 saturated carbocycles. The highest BCUT2D eigenvalue weighted by atomic mass is 79.9. The molecular formula is C23H26BrFN2O3S. The van der Waals surface area contributed by atoms with Gasteiger partial charge in [0.25, 0.3) is 0 Å². The Labute approximate surface area is 191 Å². The highest BCUT2D eigenvalue weighted by Crippen LogP contribution is 2.35. The molecule has 2 aliphatic rings. The largest absolute Gasteiger partial charge is 0.354 e. The zero-order valence-electron chi connectivity index (χ0n) is 17.2. The van der Waals surface area contributed by atoms with E-state index in [4.69, 9.17) is 0 Å². The second-order valence-corrected chi connectivity index (χ2v) is 11.0. The molecule has 5 nitrogen and oxygen atoms in total. The van der Waals surface area contributed by atoms with E-state index in [1.807, 2.05) is 24.3 Å². The summed E-state index contributed by atoms with van der Waals surface area (Å²) in [7, 11) is -4.09. The quantitative estimate of drug-likeness (QED) is 0.642. The second-order valence-electron chi connectivity index (χ2n) is 8.24. The third-order valence-electron chi connectivity index (χ3n) is 6.29. The standard InChI is InChI=1S/C23H26BrFN2O3S/c24-18-10-11-22(20(25)14-18)31(29,30)27-13-12-16-6-4-5-9-19(16)21(27)15-26-23(28)17-7-2-1-3-8-17/h4-6,9-11,14,17,21H,1-3,7-8,12-13,15H2,(H,26,28). The van der Waals surface area contributed by atoms with Gasteiger partial charge >= 0.3 is 0 Å². The van der Waals surface area contributed by atoms with E-state index in [1.165, 1.54) is 16.4 Å². The molecule has 1 fully saturated rings. The topological polar surface area (TPSA) is 66.5 Å². The van der Waals surface area contributed by atoms with Crippen LogP contribution in [-0.4, -0.2) is 31.7 Å². The van der Waals surface area contributed by atoms with Gasteiger partial charge in [-0.05, 0) is 48.6 Å². The molecule has 1 N–H and O–H groups in total. The van der Waals surface area contributed by atoms with Crippen molar-refractivity contribution in [1.82, 2.24) is 9.62 Å². The van der Waals surface area contributed by atoms with Crippen molar-refractivity contribution in [3.05, 3.63) is 63.9 Å². The number of carbonyl (C=O) groups is 1. The molecule has 0 spiro atoms. The van der Waals surface area contributed by atoms with E-state index < -0.39 is 21.9 Å². The first-order valence-electron chi connectivity index (χ1n) is 10.7. The summed E-state index contributed by atoms with van der Waals surface area (Å²) in [5.74, 6) is -0.824. The second kappa shape index (κ2) is 9.38. The van der Waals surface area contributed by atoms with Crippen LogP contribution < -0.4 is 5.32 Å². The summed E-state index contributed by atoms with van der Waals surface area (Å²) in [6.45, 7) is 0.405. The summed E-state index contributed by atoms with van der Waals surface area (Å²) < 4.78 is 43.3. The van der Waals surface area contributed by atoms with Crippen molar-refractivity contribution in [3.63, 3.8) is 0 Å². The maximum Gasteiger partial charge on any atom is 0.246 e. The minimum Gasteiger partial charge on any atom is -0.354 e. The zero-order valence-corrected chi connectivity index (χ0v) is 19.6. The zero-order chi connectivity index (χ0) is 22.0. The molecule has 1 aliphatic heterocycles. The first-order valence-corrected chi connectivity index (χ1v) is 12.9. The normalized spacial score (nSPS) is 20.3. The average Bonchev–Trinajstić information content (AvgIpc) is 2.77. The van der Waals surface area contributed by atoms with Crippen LogP contribution >= 0.6 is 15.9 Å². The molecule has 1 amide bonds. The molecular weight excluding hydrogens is 483 g/mol. The van der Waals surface area contributed by atoms with Crippen LogP contribution in [0.25, 0.3) is 0 Å². The number of benzene rings is 2. The summed E-state index contributed by atoms with van der Waals surface area (Å²) in [6, 6.07) is 11.1. The van der Waals surface area contributed by atoms with Gasteiger partial charge in [0.2, 0.25) is 15.9 Å². The number of hydrogen-bond acceptors (Lipinski definition) is 3. The van der Waals surface area contributed by atoms with Crippen LogP contribution in [0, 0.1) is 11.7 Å². The molecule has 4 rings (SSSR count). The Bertz CT molecular complexity index is 1070. The lowest BCUT2D eigenvalue weighted by atomic mass is 9.88. The average molecular weight is 509 g/mol. The predicted molar refractivity (Wildman–Crippen MR) is 120 cm³/mol. The smallest absolute Gasteiger partial charge is 0.246 e. The minimum absolute atomic E-state index is 0.0124. The molecule has 2 aromatic rings. The van der Waals surface area contributed by atoms with Crippen molar-refractivity contribution in [2.24, 2.45) is 5.92 Å². The predicted octanol–water partition coefficient (Wildman–Crippen LogP) is 4.57. The SMILES string of the molecule is O=C(NCC1c2ccccc2CCN1S(=O)(=O)c1ccc(Br)cc1F)C1CCCCC1. The first kappa shape index (κ1) is 22.4. The van der Waals surface area contributed by atoms with Gasteiger partial charge in [0.05, 0.1) is 6.04 Å². The van der Waals surface area contributed by atoms with Gasteiger partial charge in [-0.2, -0.15) is 4.31 Å². The molecule has 1 atom stereocenters. The highest BCUT2D eigenvalue weighted by molar-refractivity contribution is 9.10. The van der Waals surface area contributed by atoms with E-state index in [2.05, 4.69) is 21.2 Å². The van der Waals surface area contributed by atoms with Gasteiger partial charge < -0.3 is 5.32 Å². The Kier molecular flexibility index (Phi) is 6.79. The molecule has 1 aliphatic carbocycles. The van der Waals surface area contributed by atoms with E-state index in [0.717, 1.165) is 49.3 Å². The summed E-state index contributed by atoms with van der Waals surface area (Å²) in [4.78, 5) is 12.4. The third-order valence-corrected chi connectivity index (χ3v) is 8.72. The van der Waals surface area contributed by atoms with Gasteiger partial charge in [0, 0.05) is 23.5 Å². The first-order chi connectivity index (χ1) is 14.9. The number of carbonyl (C=O) groups excluding carboxylic acids is 1. The van der Waals surface area contributed by atoms with Crippen LogP contribution in [0.3, 0.4) is 0 Å². The summed E-state index contributed by atoms with van der Waals surface area (Å²) in [5, 5.41) is 2.99. The monoisotopic (exact) mass is 508 g/mol. The fourth-order valence-electron chi connectivity index (χ4n) is 4.65. The van der Waals surface area contributed by atoms with E-state index >= 15 is 0 Å². The molecule has 2 aromatic carbocycles. The lowest BCUT2D eigenvalue weighted by molar-refractivity contribution is -0.126. The maximum atomic E-state index is 14.6. The summed E-state index contributed by atoms with van der Waals surface area (Å²) >= 11 is 3.17. The van der Waals surface area contributed by atoms with E-state index in [9.17, 15) is 17.6 Å². The van der Waals surface area contributed by atoms with Crippen molar-refractivity contribution >= 4 is 31.9 Å². The van der Waals surface area contributed by atoms with Crippen LogP contribution in [0.5, 0.6) is 0 Å². The summed E-state index contributed by atoms with van der Waals surface area (Å²) in [6.07, 6.45) is 5.55. The Morgan fingerprint density at radius 2 is 1.87 bits per heavy atom. The third kappa shape index (κ3) is 4.71. The summed E-state index contributed by atoms with van der Waals surface area (Å²) in [5.41, 5.74) is 1.92. The van der Waals surface area contributed by atoms with Crippen molar-refractivity contribution < 1.29 is 17.6 Å². The Balaban J connectivity index is 1.63. The molecule has 8 heteroatoms. The maximum absolute atomic E-state index is 14.6. The molecule has 166 valence electrons. The van der Waals surface area contributed by atoms with Crippen molar-refractivity contribution in [2.45, 2.75) is 49.5 Å². The van der Waals surface area contributed by atoms with Crippen LogP contribution in [0.4, 0.5) is 4.39 Å². The molecule has 1 unspecified atom stereocenters. The molecule has 0 radical (unpaired) electrons. The van der Waals surface area contributed by atoms with Crippen molar-refractivity contribution in [3.8, 4) is 0 Å². The molecule has 1 heterocycles. The highest BCUT2D eigenvalue weighted by Gasteiger charge is 2.38. The fraction of sp³-hybridized carbons (Fsp3) is 0.435. The van der Waals surface area contributed by atoms with Gasteiger partial charge in [0.1, 0.15) is 10.7 Å². The number of hydrogen-bond donors (Lipinski definition) is 1. The molecule has 0 aromatic heterocycles. The Hall–Kier alpha value is -1.77. The van der Waals surface area contributed by atoms with Crippen molar-refractivity contribution in [2.75, 3.05) is 13.1 Å².